The zero-order valence-electron chi connectivity index (χ0n) is 12.1. The van der Waals surface area contributed by atoms with Crippen LogP contribution in [0, 0.1) is 0 Å². The molecule has 3 heteroatoms. The second kappa shape index (κ2) is 7.60. The number of rotatable bonds is 6. The lowest BCUT2D eigenvalue weighted by Gasteiger charge is -2.15. The first-order valence-electron chi connectivity index (χ1n) is 7.11. The minimum atomic E-state index is -0.720. The van der Waals surface area contributed by atoms with Gasteiger partial charge in [-0.1, -0.05) is 60.7 Å². The summed E-state index contributed by atoms with van der Waals surface area (Å²) in [5.41, 5.74) is 1.96. The highest BCUT2D eigenvalue weighted by Crippen LogP contribution is 2.17. The van der Waals surface area contributed by atoms with Crippen LogP contribution in [0.5, 0.6) is 0 Å². The van der Waals surface area contributed by atoms with E-state index < -0.39 is 6.10 Å². The molecule has 3 nitrogen and oxygen atoms in total. The maximum atomic E-state index is 11.8. The van der Waals surface area contributed by atoms with Crippen molar-refractivity contribution >= 4 is 5.97 Å². The summed E-state index contributed by atoms with van der Waals surface area (Å²) in [6, 6.07) is 19.2. The third kappa shape index (κ3) is 5.04. The lowest BCUT2D eigenvalue weighted by atomic mass is 10.1. The maximum Gasteiger partial charge on any atom is 0.309 e. The second-order valence-corrected chi connectivity index (χ2v) is 5.09. The van der Waals surface area contributed by atoms with Gasteiger partial charge in [-0.15, -0.1) is 0 Å². The highest BCUT2D eigenvalue weighted by Gasteiger charge is 2.16. The fourth-order valence-corrected chi connectivity index (χ4v) is 2.19. The monoisotopic (exact) mass is 284 g/mol. The molecule has 0 saturated carbocycles. The van der Waals surface area contributed by atoms with E-state index in [4.69, 9.17) is 4.74 Å². The van der Waals surface area contributed by atoms with Gasteiger partial charge in [0, 0.05) is 0 Å². The van der Waals surface area contributed by atoms with Crippen molar-refractivity contribution in [3.8, 4) is 0 Å². The molecule has 0 bridgehead atoms. The average molecular weight is 284 g/mol. The van der Waals surface area contributed by atoms with Gasteiger partial charge in [-0.2, -0.15) is 0 Å². The van der Waals surface area contributed by atoms with Gasteiger partial charge >= 0.3 is 5.97 Å². The molecule has 21 heavy (non-hydrogen) atoms. The Hall–Kier alpha value is -2.13. The molecule has 2 atom stereocenters. The largest absolute Gasteiger partial charge is 0.458 e. The number of hydrogen-bond donors (Lipinski definition) is 1. The molecule has 0 aromatic heterocycles. The summed E-state index contributed by atoms with van der Waals surface area (Å²) in [6.07, 6.45) is -0.563. The van der Waals surface area contributed by atoms with E-state index in [0.717, 1.165) is 11.1 Å². The molecule has 0 spiro atoms. The molecule has 2 aromatic rings. The second-order valence-electron chi connectivity index (χ2n) is 5.09. The molecule has 2 rings (SSSR count). The minimum Gasteiger partial charge on any atom is -0.458 e. The molecule has 2 aromatic carbocycles. The first kappa shape index (κ1) is 15.3. The molecule has 1 N–H and O–H groups in total. The Morgan fingerprint density at radius 3 is 2.24 bits per heavy atom. The van der Waals surface area contributed by atoms with Crippen LogP contribution in [0.3, 0.4) is 0 Å². The third-order valence-electron chi connectivity index (χ3n) is 3.29. The van der Waals surface area contributed by atoms with Crippen LogP contribution < -0.4 is 0 Å². The van der Waals surface area contributed by atoms with Gasteiger partial charge in [0.2, 0.25) is 0 Å². The van der Waals surface area contributed by atoms with Gasteiger partial charge in [-0.3, -0.25) is 4.79 Å². The molecule has 0 saturated heterocycles. The SMILES string of the molecule is CC(OC(=O)CC(O)Cc1ccccc1)c1ccccc1. The van der Waals surface area contributed by atoms with Crippen molar-refractivity contribution in [1.82, 2.24) is 0 Å². The van der Waals surface area contributed by atoms with Crippen molar-refractivity contribution in [2.45, 2.75) is 32.0 Å². The fourth-order valence-electron chi connectivity index (χ4n) is 2.19. The number of hydrogen-bond acceptors (Lipinski definition) is 3. The highest BCUT2D eigenvalue weighted by atomic mass is 16.5. The Bertz CT molecular complexity index is 551. The number of carbonyl (C=O) groups is 1. The lowest BCUT2D eigenvalue weighted by molar-refractivity contribution is -0.150. The van der Waals surface area contributed by atoms with E-state index >= 15 is 0 Å². The average Bonchev–Trinajstić information content (AvgIpc) is 2.48. The third-order valence-corrected chi connectivity index (χ3v) is 3.29. The van der Waals surface area contributed by atoms with Gasteiger partial charge in [0.15, 0.2) is 0 Å². The molecule has 110 valence electrons. The summed E-state index contributed by atoms with van der Waals surface area (Å²) in [7, 11) is 0. The minimum absolute atomic E-state index is 0.00602. The maximum absolute atomic E-state index is 11.8. The quantitative estimate of drug-likeness (QED) is 0.828. The van der Waals surface area contributed by atoms with Crippen molar-refractivity contribution in [3.05, 3.63) is 71.8 Å². The zero-order valence-corrected chi connectivity index (χ0v) is 12.1. The molecular weight excluding hydrogens is 264 g/mol. The predicted molar refractivity (Wildman–Crippen MR) is 81.7 cm³/mol. The summed E-state index contributed by atoms with van der Waals surface area (Å²) in [6.45, 7) is 1.83. The van der Waals surface area contributed by atoms with Gasteiger partial charge in [0.05, 0.1) is 12.5 Å². The van der Waals surface area contributed by atoms with Crippen LogP contribution in [-0.4, -0.2) is 17.2 Å². The van der Waals surface area contributed by atoms with Crippen LogP contribution in [0.4, 0.5) is 0 Å². The molecule has 0 aliphatic rings. The summed E-state index contributed by atoms with van der Waals surface area (Å²) in [5.74, 6) is -0.380. The Morgan fingerprint density at radius 2 is 1.62 bits per heavy atom. The molecule has 0 fully saturated rings. The van der Waals surface area contributed by atoms with E-state index in [1.54, 1.807) is 0 Å². The normalized spacial score (nSPS) is 13.4. The van der Waals surface area contributed by atoms with E-state index in [2.05, 4.69) is 0 Å². The zero-order chi connectivity index (χ0) is 15.1. The van der Waals surface area contributed by atoms with Gasteiger partial charge < -0.3 is 9.84 Å². The molecule has 0 heterocycles. The lowest BCUT2D eigenvalue weighted by Crippen LogP contribution is -2.19. The van der Waals surface area contributed by atoms with E-state index in [1.165, 1.54) is 0 Å². The Labute approximate surface area is 125 Å². The summed E-state index contributed by atoms with van der Waals surface area (Å²) < 4.78 is 5.35. The number of benzene rings is 2. The first-order valence-corrected chi connectivity index (χ1v) is 7.11. The van der Waals surface area contributed by atoms with Gasteiger partial charge in [0.1, 0.15) is 6.10 Å². The molecule has 0 radical (unpaired) electrons. The van der Waals surface area contributed by atoms with Gasteiger partial charge in [-0.05, 0) is 24.5 Å². The number of ether oxygens (including phenoxy) is 1. The number of aliphatic hydroxyl groups excluding tert-OH is 1. The van der Waals surface area contributed by atoms with Crippen molar-refractivity contribution in [2.24, 2.45) is 0 Å². The Kier molecular flexibility index (Phi) is 5.52. The van der Waals surface area contributed by atoms with Crippen molar-refractivity contribution in [1.29, 1.82) is 0 Å². The molecule has 0 aliphatic heterocycles. The fraction of sp³-hybridized carbons (Fsp3) is 0.278. The van der Waals surface area contributed by atoms with Crippen LogP contribution in [-0.2, 0) is 16.0 Å². The number of aliphatic hydroxyl groups is 1. The topological polar surface area (TPSA) is 46.5 Å². The number of esters is 1. The summed E-state index contributed by atoms with van der Waals surface area (Å²) in [5, 5.41) is 9.96. The van der Waals surface area contributed by atoms with Crippen LogP contribution in [0.2, 0.25) is 0 Å². The van der Waals surface area contributed by atoms with E-state index in [1.807, 2.05) is 67.6 Å². The Balaban J connectivity index is 1.81. The molecule has 0 amide bonds. The number of carbonyl (C=O) groups excluding carboxylic acids is 1. The first-order chi connectivity index (χ1) is 10.1. The van der Waals surface area contributed by atoms with Crippen LogP contribution in [0.1, 0.15) is 30.6 Å². The summed E-state index contributed by atoms with van der Waals surface area (Å²) >= 11 is 0. The van der Waals surface area contributed by atoms with E-state index in [-0.39, 0.29) is 18.5 Å². The van der Waals surface area contributed by atoms with E-state index in [9.17, 15) is 9.90 Å². The van der Waals surface area contributed by atoms with Crippen molar-refractivity contribution < 1.29 is 14.6 Å². The van der Waals surface area contributed by atoms with Crippen LogP contribution in [0.15, 0.2) is 60.7 Å². The predicted octanol–water partition coefficient (Wildman–Crippen LogP) is 3.28. The van der Waals surface area contributed by atoms with Crippen molar-refractivity contribution in [2.75, 3.05) is 0 Å². The molecular formula is C18H20O3. The summed E-state index contributed by atoms with van der Waals surface area (Å²) in [4.78, 5) is 11.8. The Morgan fingerprint density at radius 1 is 1.05 bits per heavy atom. The van der Waals surface area contributed by atoms with Gasteiger partial charge in [-0.25, -0.2) is 0 Å². The molecule has 2 unspecified atom stereocenters. The highest BCUT2D eigenvalue weighted by molar-refractivity contribution is 5.70. The van der Waals surface area contributed by atoms with Crippen LogP contribution in [0.25, 0.3) is 0 Å². The standard InChI is InChI=1S/C18H20O3/c1-14(16-10-6-3-7-11-16)21-18(20)13-17(19)12-15-8-4-2-5-9-15/h2-11,14,17,19H,12-13H2,1H3. The smallest absolute Gasteiger partial charge is 0.309 e. The van der Waals surface area contributed by atoms with E-state index in [0.29, 0.717) is 6.42 Å². The van der Waals surface area contributed by atoms with Crippen molar-refractivity contribution in [3.63, 3.8) is 0 Å². The van der Waals surface area contributed by atoms with Gasteiger partial charge in [0.25, 0.3) is 0 Å². The molecule has 0 aliphatic carbocycles. The van der Waals surface area contributed by atoms with Crippen LogP contribution >= 0.6 is 0 Å².